The molecule has 0 saturated carbocycles. The third-order valence-corrected chi connectivity index (χ3v) is 9.56. The molecule has 1 heterocycles. The Balaban J connectivity index is 1.75. The van der Waals surface area contributed by atoms with E-state index in [1.54, 1.807) is 34.6 Å². The number of benzene rings is 2. The number of hydrogen-bond donors (Lipinski definition) is 3. The quantitative estimate of drug-likeness (QED) is 0.389. The highest BCUT2D eigenvalue weighted by molar-refractivity contribution is 7.87. The lowest BCUT2D eigenvalue weighted by atomic mass is 9.91. The van der Waals surface area contributed by atoms with E-state index in [9.17, 15) is 22.4 Å². The second kappa shape index (κ2) is 12.5. The first-order valence-corrected chi connectivity index (χ1v) is 14.6. The van der Waals surface area contributed by atoms with Crippen molar-refractivity contribution in [3.05, 3.63) is 66.0 Å². The van der Waals surface area contributed by atoms with Crippen LogP contribution in [0.2, 0.25) is 0 Å². The summed E-state index contributed by atoms with van der Waals surface area (Å²) in [6, 6.07) is 13.6. The highest BCUT2D eigenvalue weighted by Gasteiger charge is 2.49. The molecule has 214 valence electrons. The summed E-state index contributed by atoms with van der Waals surface area (Å²) in [6.45, 7) is 9.04. The van der Waals surface area contributed by atoms with Crippen LogP contribution in [-0.2, 0) is 26.2 Å². The molecule has 2 aromatic rings. The predicted octanol–water partition coefficient (Wildman–Crippen LogP) is 2.89. The third kappa shape index (κ3) is 7.42. The maximum atomic E-state index is 13.6. The van der Waals surface area contributed by atoms with Gasteiger partial charge in [0, 0.05) is 42.8 Å². The number of rotatable bonds is 11. The molecule has 1 fully saturated rings. The third-order valence-electron chi connectivity index (χ3n) is 7.17. The van der Waals surface area contributed by atoms with Gasteiger partial charge in [-0.1, -0.05) is 37.3 Å². The first-order valence-electron chi connectivity index (χ1n) is 13.2. The summed E-state index contributed by atoms with van der Waals surface area (Å²) in [5, 5.41) is 5.76. The van der Waals surface area contributed by atoms with Gasteiger partial charge in [0.15, 0.2) is 0 Å². The number of hydrogen-bond acceptors (Lipinski definition) is 5. The van der Waals surface area contributed by atoms with E-state index in [0.29, 0.717) is 18.7 Å². The van der Waals surface area contributed by atoms with E-state index < -0.39 is 45.5 Å². The minimum Gasteiger partial charge on any atom is -0.350 e. The Morgan fingerprint density at radius 1 is 1.03 bits per heavy atom. The van der Waals surface area contributed by atoms with Gasteiger partial charge in [-0.25, -0.2) is 4.39 Å². The van der Waals surface area contributed by atoms with Crippen LogP contribution < -0.4 is 16.4 Å². The number of carbonyl (C=O) groups is 2. The Bertz CT molecular complexity index is 1240. The smallest absolute Gasteiger partial charge is 0.283 e. The molecule has 1 saturated heterocycles. The fourth-order valence-electron chi connectivity index (χ4n) is 4.75. The van der Waals surface area contributed by atoms with Crippen molar-refractivity contribution in [1.29, 1.82) is 0 Å². The van der Waals surface area contributed by atoms with E-state index >= 15 is 0 Å². The van der Waals surface area contributed by atoms with Crippen LogP contribution in [0, 0.1) is 11.7 Å². The van der Waals surface area contributed by atoms with Crippen molar-refractivity contribution in [1.82, 2.24) is 13.9 Å². The van der Waals surface area contributed by atoms with Gasteiger partial charge in [0.05, 0.1) is 0 Å². The molecule has 2 aromatic carbocycles. The Labute approximate surface area is 231 Å². The monoisotopic (exact) mass is 561 g/mol. The van der Waals surface area contributed by atoms with Crippen molar-refractivity contribution < 1.29 is 22.4 Å². The molecular weight excluding hydrogens is 521 g/mol. The van der Waals surface area contributed by atoms with Gasteiger partial charge in [-0.3, -0.25) is 9.59 Å². The Kier molecular flexibility index (Phi) is 9.87. The number of amides is 2. The molecular formula is C28H40FN5O4S. The molecule has 0 aliphatic carbocycles. The largest absolute Gasteiger partial charge is 0.350 e. The molecule has 3 atom stereocenters. The Hall–Kier alpha value is -2.86. The molecule has 0 spiro atoms. The fraction of sp³-hybridized carbons (Fsp3) is 0.500. The van der Waals surface area contributed by atoms with Crippen LogP contribution in [0.15, 0.2) is 54.6 Å². The predicted molar refractivity (Wildman–Crippen MR) is 150 cm³/mol. The second-order valence-electron chi connectivity index (χ2n) is 10.9. The molecule has 9 nitrogen and oxygen atoms in total. The average molecular weight is 562 g/mol. The summed E-state index contributed by atoms with van der Waals surface area (Å²) in [5.41, 5.74) is 6.65. The number of nitrogens with zero attached hydrogens (tertiary/aromatic N) is 2. The maximum Gasteiger partial charge on any atom is 0.283 e. The lowest BCUT2D eigenvalue weighted by Crippen LogP contribution is -2.61. The van der Waals surface area contributed by atoms with Crippen LogP contribution in [0.25, 0.3) is 0 Å². The summed E-state index contributed by atoms with van der Waals surface area (Å²) in [6.07, 6.45) is 0.662. The molecule has 2 amide bonds. The van der Waals surface area contributed by atoms with Gasteiger partial charge in [0.1, 0.15) is 11.4 Å². The fourth-order valence-corrected chi connectivity index (χ4v) is 6.82. The van der Waals surface area contributed by atoms with Crippen LogP contribution in [0.3, 0.4) is 0 Å². The molecule has 4 N–H and O–H groups in total. The van der Waals surface area contributed by atoms with Gasteiger partial charge in [0.2, 0.25) is 11.8 Å². The van der Waals surface area contributed by atoms with E-state index in [2.05, 4.69) is 10.6 Å². The van der Waals surface area contributed by atoms with Crippen molar-refractivity contribution in [2.45, 2.75) is 71.1 Å². The van der Waals surface area contributed by atoms with E-state index in [1.165, 1.54) is 32.9 Å². The summed E-state index contributed by atoms with van der Waals surface area (Å²) in [7, 11) is -3.81. The van der Waals surface area contributed by atoms with Crippen molar-refractivity contribution in [3.63, 3.8) is 0 Å². The molecule has 0 radical (unpaired) electrons. The van der Waals surface area contributed by atoms with Crippen molar-refractivity contribution in [3.8, 4) is 0 Å². The Morgan fingerprint density at radius 2 is 1.64 bits per heavy atom. The van der Waals surface area contributed by atoms with Crippen LogP contribution >= 0.6 is 0 Å². The van der Waals surface area contributed by atoms with Crippen molar-refractivity contribution in [2.24, 2.45) is 11.7 Å². The lowest BCUT2D eigenvalue weighted by Gasteiger charge is -2.36. The summed E-state index contributed by atoms with van der Waals surface area (Å²) in [4.78, 5) is 26.4. The minimum absolute atomic E-state index is 0.205. The summed E-state index contributed by atoms with van der Waals surface area (Å²) < 4.78 is 42.2. The lowest BCUT2D eigenvalue weighted by molar-refractivity contribution is -0.129. The molecule has 1 aliphatic heterocycles. The molecule has 0 aromatic heterocycles. The molecule has 11 heteroatoms. The van der Waals surface area contributed by atoms with Gasteiger partial charge in [0.25, 0.3) is 10.2 Å². The van der Waals surface area contributed by atoms with E-state index in [1.807, 2.05) is 30.3 Å². The summed E-state index contributed by atoms with van der Waals surface area (Å²) in [5.74, 6) is -1.65. The van der Waals surface area contributed by atoms with Gasteiger partial charge in [-0.05, 0) is 70.4 Å². The zero-order valence-electron chi connectivity index (χ0n) is 23.2. The van der Waals surface area contributed by atoms with Crippen molar-refractivity contribution in [2.75, 3.05) is 18.4 Å². The van der Waals surface area contributed by atoms with Crippen molar-refractivity contribution >= 4 is 27.7 Å². The zero-order chi connectivity index (χ0) is 29.0. The molecule has 1 aliphatic rings. The van der Waals surface area contributed by atoms with Gasteiger partial charge >= 0.3 is 0 Å². The first kappa shape index (κ1) is 30.7. The molecule has 0 unspecified atom stereocenters. The minimum atomic E-state index is -3.81. The van der Waals surface area contributed by atoms with Crippen LogP contribution in [0.4, 0.5) is 10.1 Å². The number of halogens is 1. The van der Waals surface area contributed by atoms with Gasteiger partial charge < -0.3 is 16.4 Å². The van der Waals surface area contributed by atoms with E-state index in [4.69, 9.17) is 5.73 Å². The van der Waals surface area contributed by atoms with E-state index in [0.717, 1.165) is 5.56 Å². The SMILES string of the molecule is CC(C)N1CCN(C(C)(C)C(=O)N[C@@H](Cc2ccccc2)[C@@H](N)C[C@@H](C)C(=O)Nc2ccc(F)cc2)S1(=O)=O. The normalized spacial score (nSPS) is 18.5. The first-order chi connectivity index (χ1) is 18.2. The second-order valence-corrected chi connectivity index (χ2v) is 12.7. The molecule has 3 rings (SSSR count). The van der Waals surface area contributed by atoms with Crippen LogP contribution in [0.5, 0.6) is 0 Å². The molecule has 0 bridgehead atoms. The Morgan fingerprint density at radius 3 is 2.21 bits per heavy atom. The number of anilines is 1. The topological polar surface area (TPSA) is 125 Å². The number of nitrogens with one attached hydrogen (secondary N) is 2. The van der Waals surface area contributed by atoms with Crippen LogP contribution in [0.1, 0.15) is 46.6 Å². The highest BCUT2D eigenvalue weighted by Crippen LogP contribution is 2.28. The number of carbonyl (C=O) groups excluding carboxylic acids is 2. The van der Waals surface area contributed by atoms with Gasteiger partial charge in [-0.2, -0.15) is 17.0 Å². The maximum absolute atomic E-state index is 13.6. The summed E-state index contributed by atoms with van der Waals surface area (Å²) >= 11 is 0. The zero-order valence-corrected chi connectivity index (χ0v) is 24.0. The average Bonchev–Trinajstić information content (AvgIpc) is 3.20. The standard InChI is InChI=1S/C28H40FN5O4S/c1-19(2)33-15-16-34(39(33,37)38)28(4,5)27(36)32-25(18-21-9-7-6-8-10-21)24(30)17-20(3)26(35)31-23-13-11-22(29)12-14-23/h6-14,19-20,24-25H,15-18,30H2,1-5H3,(H,31,35)(H,32,36)/t20-,24+,25+/m1/s1. The number of nitrogens with two attached hydrogens (primary N) is 1. The van der Waals surface area contributed by atoms with Crippen LogP contribution in [-0.4, -0.2) is 65.6 Å². The highest BCUT2D eigenvalue weighted by atomic mass is 32.2. The van der Waals surface area contributed by atoms with E-state index in [-0.39, 0.29) is 24.9 Å². The molecule has 39 heavy (non-hydrogen) atoms. The van der Waals surface area contributed by atoms with Gasteiger partial charge in [-0.15, -0.1) is 0 Å².